The summed E-state index contributed by atoms with van der Waals surface area (Å²) >= 11 is 0. The maximum atomic E-state index is 10.9. The Bertz CT molecular complexity index is 200. The van der Waals surface area contributed by atoms with E-state index in [-0.39, 0.29) is 18.7 Å². The molecule has 0 atom stereocenters. The number of carbonyl (C=O) groups excluding carboxylic acids is 2. The van der Waals surface area contributed by atoms with Gasteiger partial charge in [0.2, 0.25) is 11.8 Å². The Kier molecular flexibility index (Phi) is 6.59. The molecular weight excluding hydrogens is 168 g/mol. The number of primary amides is 1. The van der Waals surface area contributed by atoms with E-state index < -0.39 is 5.91 Å². The highest BCUT2D eigenvalue weighted by molar-refractivity contribution is 5.83. The van der Waals surface area contributed by atoms with E-state index in [2.05, 4.69) is 12.2 Å². The third kappa shape index (κ3) is 8.59. The lowest BCUT2D eigenvalue weighted by Crippen LogP contribution is -2.20. The van der Waals surface area contributed by atoms with Crippen molar-refractivity contribution in [1.82, 2.24) is 5.32 Å². The minimum atomic E-state index is -0.451. The molecule has 4 nitrogen and oxygen atoms in total. The molecule has 0 unspecified atom stereocenters. The molecule has 0 heterocycles. The number of carbonyl (C=O) groups is 2. The van der Waals surface area contributed by atoms with Crippen LogP contribution < -0.4 is 11.1 Å². The van der Waals surface area contributed by atoms with Crippen LogP contribution in [0.2, 0.25) is 0 Å². The van der Waals surface area contributed by atoms with Crippen molar-refractivity contribution in [2.75, 3.05) is 0 Å². The molecule has 3 N–H and O–H groups in total. The van der Waals surface area contributed by atoms with Gasteiger partial charge in [0.05, 0.1) is 0 Å². The SMILES string of the molecule is CCCC=CNC(=O)CCC(N)=O. The molecular formula is C9H16N2O2. The highest BCUT2D eigenvalue weighted by Gasteiger charge is 2.00. The van der Waals surface area contributed by atoms with E-state index >= 15 is 0 Å². The largest absolute Gasteiger partial charge is 0.370 e. The second-order valence-corrected chi connectivity index (χ2v) is 2.72. The first kappa shape index (κ1) is 11.7. The van der Waals surface area contributed by atoms with Gasteiger partial charge in [-0.25, -0.2) is 0 Å². The van der Waals surface area contributed by atoms with Crippen LogP contribution in [0.3, 0.4) is 0 Å². The summed E-state index contributed by atoms with van der Waals surface area (Å²) in [6, 6.07) is 0. The third-order valence-electron chi connectivity index (χ3n) is 1.42. The molecule has 0 aliphatic heterocycles. The van der Waals surface area contributed by atoms with Crippen LogP contribution in [0.5, 0.6) is 0 Å². The van der Waals surface area contributed by atoms with E-state index in [1.165, 1.54) is 0 Å². The van der Waals surface area contributed by atoms with Crippen molar-refractivity contribution in [3.8, 4) is 0 Å². The summed E-state index contributed by atoms with van der Waals surface area (Å²) in [6.07, 6.45) is 5.73. The minimum absolute atomic E-state index is 0.105. The number of hydrogen-bond donors (Lipinski definition) is 2. The number of hydrogen-bond acceptors (Lipinski definition) is 2. The molecule has 0 spiro atoms. The van der Waals surface area contributed by atoms with Gasteiger partial charge in [-0.1, -0.05) is 19.4 Å². The molecule has 0 radical (unpaired) electrons. The summed E-state index contributed by atoms with van der Waals surface area (Å²) in [5, 5.41) is 2.55. The first-order valence-electron chi connectivity index (χ1n) is 4.39. The summed E-state index contributed by atoms with van der Waals surface area (Å²) in [6.45, 7) is 2.05. The van der Waals surface area contributed by atoms with Gasteiger partial charge >= 0.3 is 0 Å². The normalized spacial score (nSPS) is 10.2. The van der Waals surface area contributed by atoms with Crippen molar-refractivity contribution < 1.29 is 9.59 Å². The lowest BCUT2D eigenvalue weighted by molar-refractivity contribution is -0.124. The second-order valence-electron chi connectivity index (χ2n) is 2.72. The topological polar surface area (TPSA) is 72.2 Å². The highest BCUT2D eigenvalue weighted by atomic mass is 16.2. The van der Waals surface area contributed by atoms with Gasteiger partial charge in [-0.2, -0.15) is 0 Å². The Balaban J connectivity index is 3.45. The summed E-state index contributed by atoms with van der Waals surface area (Å²) in [4.78, 5) is 21.2. The maximum absolute atomic E-state index is 10.9. The van der Waals surface area contributed by atoms with E-state index in [1.54, 1.807) is 6.20 Å². The second kappa shape index (κ2) is 7.34. The van der Waals surface area contributed by atoms with Gasteiger partial charge < -0.3 is 11.1 Å². The molecule has 0 aliphatic carbocycles. The lowest BCUT2D eigenvalue weighted by Gasteiger charge is -1.96. The monoisotopic (exact) mass is 184 g/mol. The Hall–Kier alpha value is -1.32. The molecule has 0 saturated carbocycles. The molecule has 0 saturated heterocycles. The number of rotatable bonds is 6. The summed E-state index contributed by atoms with van der Waals surface area (Å²) < 4.78 is 0. The van der Waals surface area contributed by atoms with Crippen LogP contribution in [0.1, 0.15) is 32.6 Å². The Morgan fingerprint density at radius 3 is 2.62 bits per heavy atom. The van der Waals surface area contributed by atoms with Crippen molar-refractivity contribution in [3.05, 3.63) is 12.3 Å². The van der Waals surface area contributed by atoms with Crippen LogP contribution in [0.15, 0.2) is 12.3 Å². The van der Waals surface area contributed by atoms with Gasteiger partial charge in [-0.3, -0.25) is 9.59 Å². The predicted octanol–water partition coefficient (Wildman–Crippen LogP) is 0.682. The van der Waals surface area contributed by atoms with Crippen molar-refractivity contribution >= 4 is 11.8 Å². The molecule has 13 heavy (non-hydrogen) atoms. The number of unbranched alkanes of at least 4 members (excludes halogenated alkanes) is 1. The van der Waals surface area contributed by atoms with Crippen LogP contribution >= 0.6 is 0 Å². The van der Waals surface area contributed by atoms with Gasteiger partial charge in [0, 0.05) is 12.8 Å². The van der Waals surface area contributed by atoms with Crippen LogP contribution in [0, 0.1) is 0 Å². The molecule has 0 fully saturated rings. The average Bonchev–Trinajstić information content (AvgIpc) is 2.09. The first-order valence-corrected chi connectivity index (χ1v) is 4.39. The molecule has 0 aromatic carbocycles. The summed E-state index contributed by atoms with van der Waals surface area (Å²) in [5.74, 6) is -0.626. The molecule has 0 rings (SSSR count). The quantitative estimate of drug-likeness (QED) is 0.637. The van der Waals surface area contributed by atoms with E-state index in [4.69, 9.17) is 5.73 Å². The van der Waals surface area contributed by atoms with Gasteiger partial charge in [0.15, 0.2) is 0 Å². The fourth-order valence-electron chi connectivity index (χ4n) is 0.711. The van der Waals surface area contributed by atoms with Crippen molar-refractivity contribution in [1.29, 1.82) is 0 Å². The van der Waals surface area contributed by atoms with E-state index in [0.29, 0.717) is 0 Å². The lowest BCUT2D eigenvalue weighted by atomic mass is 10.3. The van der Waals surface area contributed by atoms with Crippen molar-refractivity contribution in [3.63, 3.8) is 0 Å². The minimum Gasteiger partial charge on any atom is -0.370 e. The fraction of sp³-hybridized carbons (Fsp3) is 0.556. The third-order valence-corrected chi connectivity index (χ3v) is 1.42. The Morgan fingerprint density at radius 1 is 1.38 bits per heavy atom. The van der Waals surface area contributed by atoms with Crippen molar-refractivity contribution in [2.24, 2.45) is 5.73 Å². The molecule has 0 aromatic rings. The maximum Gasteiger partial charge on any atom is 0.224 e. The zero-order valence-corrected chi connectivity index (χ0v) is 7.88. The van der Waals surface area contributed by atoms with Crippen LogP contribution in [0.25, 0.3) is 0 Å². The predicted molar refractivity (Wildman–Crippen MR) is 50.6 cm³/mol. The molecule has 0 aromatic heterocycles. The van der Waals surface area contributed by atoms with Gasteiger partial charge in [-0.15, -0.1) is 0 Å². The average molecular weight is 184 g/mol. The number of allylic oxidation sites excluding steroid dienone is 1. The van der Waals surface area contributed by atoms with E-state index in [1.807, 2.05) is 6.08 Å². The molecule has 74 valence electrons. The molecule has 0 aliphatic rings. The first-order chi connectivity index (χ1) is 6.16. The van der Waals surface area contributed by atoms with Gasteiger partial charge in [0.1, 0.15) is 0 Å². The smallest absolute Gasteiger partial charge is 0.224 e. The molecule has 4 heteroatoms. The number of nitrogens with one attached hydrogen (secondary N) is 1. The Labute approximate surface area is 78.2 Å². The Morgan fingerprint density at radius 2 is 2.08 bits per heavy atom. The zero-order valence-electron chi connectivity index (χ0n) is 7.88. The summed E-state index contributed by atoms with van der Waals surface area (Å²) in [7, 11) is 0. The van der Waals surface area contributed by atoms with Crippen LogP contribution in [-0.4, -0.2) is 11.8 Å². The van der Waals surface area contributed by atoms with Gasteiger partial charge in [0.25, 0.3) is 0 Å². The molecule has 0 bridgehead atoms. The van der Waals surface area contributed by atoms with Crippen LogP contribution in [0.4, 0.5) is 0 Å². The fourth-order valence-corrected chi connectivity index (χ4v) is 0.711. The highest BCUT2D eigenvalue weighted by Crippen LogP contribution is 1.89. The zero-order chi connectivity index (χ0) is 10.1. The number of amides is 2. The van der Waals surface area contributed by atoms with Crippen LogP contribution in [-0.2, 0) is 9.59 Å². The van der Waals surface area contributed by atoms with E-state index in [9.17, 15) is 9.59 Å². The molecule has 2 amide bonds. The number of nitrogens with two attached hydrogens (primary N) is 1. The van der Waals surface area contributed by atoms with Crippen molar-refractivity contribution in [2.45, 2.75) is 32.6 Å². The van der Waals surface area contributed by atoms with Gasteiger partial charge in [-0.05, 0) is 12.6 Å². The summed E-state index contributed by atoms with van der Waals surface area (Å²) in [5.41, 5.74) is 4.88. The standard InChI is InChI=1S/C9H16N2O2/c1-2-3-4-7-11-9(13)6-5-8(10)12/h4,7H,2-3,5-6H2,1H3,(H2,10,12)(H,11,13). The van der Waals surface area contributed by atoms with E-state index in [0.717, 1.165) is 12.8 Å².